The molecule has 0 spiro atoms. The van der Waals surface area contributed by atoms with Gasteiger partial charge in [-0.1, -0.05) is 12.1 Å². The zero-order valence-corrected chi connectivity index (χ0v) is 15.5. The van der Waals surface area contributed by atoms with E-state index in [-0.39, 0.29) is 5.69 Å². The van der Waals surface area contributed by atoms with Crippen molar-refractivity contribution in [2.24, 2.45) is 0 Å². The molecule has 4 aromatic rings. The van der Waals surface area contributed by atoms with Crippen LogP contribution >= 0.6 is 0 Å². The van der Waals surface area contributed by atoms with Gasteiger partial charge in [0, 0.05) is 23.6 Å². The summed E-state index contributed by atoms with van der Waals surface area (Å²) < 4.78 is 55.9. The number of nitrogens with zero attached hydrogens (tertiary/aromatic N) is 2. The van der Waals surface area contributed by atoms with Gasteiger partial charge in [-0.05, 0) is 55.0 Å². The van der Waals surface area contributed by atoms with Crippen LogP contribution in [0.3, 0.4) is 0 Å². The molecule has 0 aliphatic rings. The lowest BCUT2D eigenvalue weighted by Gasteiger charge is -2.09. The number of sulfonamides is 1. The van der Waals surface area contributed by atoms with Crippen molar-refractivity contribution in [2.75, 3.05) is 4.72 Å². The molecule has 0 aliphatic carbocycles. The van der Waals surface area contributed by atoms with Gasteiger partial charge in [-0.15, -0.1) is 0 Å². The van der Waals surface area contributed by atoms with Crippen molar-refractivity contribution < 1.29 is 17.2 Å². The van der Waals surface area contributed by atoms with Crippen molar-refractivity contribution in [3.63, 3.8) is 0 Å². The molecular formula is C20H15F2N3O2S. The van der Waals surface area contributed by atoms with Gasteiger partial charge in [-0.3, -0.25) is 4.72 Å². The van der Waals surface area contributed by atoms with Gasteiger partial charge in [-0.2, -0.15) is 0 Å². The Labute approximate surface area is 160 Å². The predicted octanol–water partition coefficient (Wildman–Crippen LogP) is 4.39. The van der Waals surface area contributed by atoms with Gasteiger partial charge < -0.3 is 4.40 Å². The molecule has 0 saturated carbocycles. The highest BCUT2D eigenvalue weighted by Crippen LogP contribution is 2.24. The van der Waals surface area contributed by atoms with E-state index in [1.54, 1.807) is 24.3 Å². The number of nitrogens with one attached hydrogen (secondary N) is 1. The van der Waals surface area contributed by atoms with Crippen molar-refractivity contribution in [1.82, 2.24) is 9.38 Å². The molecule has 0 saturated heterocycles. The first-order valence-corrected chi connectivity index (χ1v) is 9.84. The normalized spacial score (nSPS) is 11.7. The lowest BCUT2D eigenvalue weighted by Crippen LogP contribution is -2.14. The molecule has 0 unspecified atom stereocenters. The van der Waals surface area contributed by atoms with Crippen LogP contribution in [0.1, 0.15) is 5.56 Å². The third kappa shape index (κ3) is 3.46. The number of fused-ring (bicyclic) bond motifs is 1. The van der Waals surface area contributed by atoms with Crippen molar-refractivity contribution in [2.45, 2.75) is 11.8 Å². The molecule has 4 rings (SSSR count). The van der Waals surface area contributed by atoms with Crippen LogP contribution in [0.2, 0.25) is 0 Å². The topological polar surface area (TPSA) is 63.5 Å². The maximum absolute atomic E-state index is 13.8. The fourth-order valence-corrected chi connectivity index (χ4v) is 3.97. The van der Waals surface area contributed by atoms with Crippen LogP contribution in [0.4, 0.5) is 14.5 Å². The Morgan fingerprint density at radius 1 is 1.00 bits per heavy atom. The second-order valence-electron chi connectivity index (χ2n) is 6.35. The van der Waals surface area contributed by atoms with Crippen LogP contribution < -0.4 is 4.72 Å². The molecule has 2 heterocycles. The molecule has 8 heteroatoms. The van der Waals surface area contributed by atoms with Gasteiger partial charge in [-0.25, -0.2) is 22.2 Å². The number of pyridine rings is 1. The average molecular weight is 399 g/mol. The third-order valence-electron chi connectivity index (χ3n) is 4.23. The zero-order valence-electron chi connectivity index (χ0n) is 14.7. The van der Waals surface area contributed by atoms with Gasteiger partial charge in [0.1, 0.15) is 22.2 Å². The minimum absolute atomic E-state index is 0.229. The monoisotopic (exact) mass is 399 g/mol. The molecule has 28 heavy (non-hydrogen) atoms. The smallest absolute Gasteiger partial charge is 0.264 e. The molecule has 0 amide bonds. The SMILES string of the molecule is Cc1ccn2cc(-c3ccc(NS(=O)(=O)c4cc(F)ccc4F)cc3)nc2c1. The fraction of sp³-hybridized carbons (Fsp3) is 0.0500. The standard InChI is InChI=1S/C20H15F2N3O2S/c1-13-8-9-25-12-18(23-20(25)10-13)14-2-5-16(6-3-14)24-28(26,27)19-11-15(21)4-7-17(19)22/h2-12,24H,1H3. The summed E-state index contributed by atoms with van der Waals surface area (Å²) in [7, 11) is -4.25. The number of benzene rings is 2. The summed E-state index contributed by atoms with van der Waals surface area (Å²) in [5, 5.41) is 0. The summed E-state index contributed by atoms with van der Waals surface area (Å²) in [4.78, 5) is 3.81. The quantitative estimate of drug-likeness (QED) is 0.554. The summed E-state index contributed by atoms with van der Waals surface area (Å²) >= 11 is 0. The first-order valence-electron chi connectivity index (χ1n) is 8.35. The second kappa shape index (κ2) is 6.72. The minimum Gasteiger partial charge on any atom is -0.306 e. The van der Waals surface area contributed by atoms with Crippen molar-refractivity contribution in [3.8, 4) is 11.3 Å². The summed E-state index contributed by atoms with van der Waals surface area (Å²) in [6.45, 7) is 1.98. The Kier molecular flexibility index (Phi) is 4.35. The molecular weight excluding hydrogens is 384 g/mol. The van der Waals surface area contributed by atoms with Gasteiger partial charge in [0.05, 0.1) is 5.69 Å². The van der Waals surface area contributed by atoms with Crippen LogP contribution in [0.25, 0.3) is 16.9 Å². The largest absolute Gasteiger partial charge is 0.306 e. The number of hydrogen-bond donors (Lipinski definition) is 1. The Bertz CT molecular complexity index is 1280. The predicted molar refractivity (Wildman–Crippen MR) is 103 cm³/mol. The number of rotatable bonds is 4. The highest BCUT2D eigenvalue weighted by atomic mass is 32.2. The molecule has 2 aromatic carbocycles. The Hall–Kier alpha value is -3.26. The summed E-state index contributed by atoms with van der Waals surface area (Å²) in [6, 6.07) is 12.7. The Morgan fingerprint density at radius 3 is 2.50 bits per heavy atom. The zero-order chi connectivity index (χ0) is 19.9. The number of halogens is 2. The number of hydrogen-bond acceptors (Lipinski definition) is 3. The van der Waals surface area contributed by atoms with E-state index < -0.39 is 26.6 Å². The molecule has 0 bridgehead atoms. The van der Waals surface area contributed by atoms with E-state index in [2.05, 4.69) is 9.71 Å². The van der Waals surface area contributed by atoms with E-state index in [1.807, 2.05) is 35.9 Å². The van der Waals surface area contributed by atoms with Crippen LogP contribution in [0, 0.1) is 18.6 Å². The lowest BCUT2D eigenvalue weighted by molar-refractivity contribution is 0.555. The van der Waals surface area contributed by atoms with Gasteiger partial charge in [0.2, 0.25) is 0 Å². The first-order chi connectivity index (χ1) is 13.3. The summed E-state index contributed by atoms with van der Waals surface area (Å²) in [5.41, 5.74) is 3.66. The average Bonchev–Trinajstić information content (AvgIpc) is 3.07. The maximum Gasteiger partial charge on any atom is 0.264 e. The van der Waals surface area contributed by atoms with Crippen molar-refractivity contribution in [1.29, 1.82) is 0 Å². The molecule has 1 N–H and O–H groups in total. The van der Waals surface area contributed by atoms with Gasteiger partial charge >= 0.3 is 0 Å². The van der Waals surface area contributed by atoms with E-state index in [0.29, 0.717) is 6.07 Å². The Morgan fingerprint density at radius 2 is 1.75 bits per heavy atom. The molecule has 142 valence electrons. The van der Waals surface area contributed by atoms with Gasteiger partial charge in [0.15, 0.2) is 0 Å². The van der Waals surface area contributed by atoms with E-state index in [1.165, 1.54) is 0 Å². The first kappa shape index (κ1) is 18.1. The lowest BCUT2D eigenvalue weighted by atomic mass is 10.1. The second-order valence-corrected chi connectivity index (χ2v) is 8.00. The third-order valence-corrected chi connectivity index (χ3v) is 5.63. The van der Waals surface area contributed by atoms with Crippen LogP contribution in [0.15, 0.2) is 71.9 Å². The Balaban J connectivity index is 1.61. The minimum atomic E-state index is -4.25. The van der Waals surface area contributed by atoms with E-state index >= 15 is 0 Å². The fourth-order valence-electron chi connectivity index (χ4n) is 2.83. The number of imidazole rings is 1. The number of aryl methyl sites for hydroxylation is 1. The highest BCUT2D eigenvalue weighted by Gasteiger charge is 2.20. The van der Waals surface area contributed by atoms with E-state index in [4.69, 9.17) is 0 Å². The van der Waals surface area contributed by atoms with Crippen LogP contribution in [-0.4, -0.2) is 17.8 Å². The molecule has 0 atom stereocenters. The molecule has 5 nitrogen and oxygen atoms in total. The number of aromatic nitrogens is 2. The van der Waals surface area contributed by atoms with Crippen molar-refractivity contribution >= 4 is 21.4 Å². The van der Waals surface area contributed by atoms with E-state index in [9.17, 15) is 17.2 Å². The molecule has 0 fully saturated rings. The highest BCUT2D eigenvalue weighted by molar-refractivity contribution is 7.92. The van der Waals surface area contributed by atoms with Crippen molar-refractivity contribution in [3.05, 3.63) is 84.2 Å². The number of anilines is 1. The maximum atomic E-state index is 13.8. The van der Waals surface area contributed by atoms with Crippen LogP contribution in [-0.2, 0) is 10.0 Å². The van der Waals surface area contributed by atoms with E-state index in [0.717, 1.165) is 34.6 Å². The molecule has 2 aromatic heterocycles. The van der Waals surface area contributed by atoms with Gasteiger partial charge in [0.25, 0.3) is 10.0 Å². The van der Waals surface area contributed by atoms with Crippen LogP contribution in [0.5, 0.6) is 0 Å². The summed E-state index contributed by atoms with van der Waals surface area (Å²) in [5.74, 6) is -1.86. The molecule has 0 aliphatic heterocycles. The molecule has 0 radical (unpaired) electrons. The summed E-state index contributed by atoms with van der Waals surface area (Å²) in [6.07, 6.45) is 3.78.